The monoisotopic (exact) mass is 210 g/mol. The molecule has 0 aliphatic heterocycles. The predicted molar refractivity (Wildman–Crippen MR) is 54.5 cm³/mol. The van der Waals surface area contributed by atoms with E-state index in [9.17, 15) is 4.39 Å². The molecule has 4 nitrogen and oxygen atoms in total. The Kier molecular flexibility index (Phi) is 2.05. The van der Waals surface area contributed by atoms with Crippen LogP contribution in [0.25, 0.3) is 10.2 Å². The van der Waals surface area contributed by atoms with Crippen LogP contribution in [-0.2, 0) is 0 Å². The molecule has 72 valence electrons. The highest BCUT2D eigenvalue weighted by molar-refractivity contribution is 7.20. The van der Waals surface area contributed by atoms with E-state index < -0.39 is 0 Å². The van der Waals surface area contributed by atoms with Gasteiger partial charge in [-0.3, -0.25) is 0 Å². The van der Waals surface area contributed by atoms with E-state index in [1.54, 1.807) is 6.07 Å². The molecule has 1 aromatic carbocycles. The molecule has 0 bridgehead atoms. The standard InChI is InChI=1S/C8H7FN4S/c9-4-1-2-6-5(3-4)12-8(14-6)7(10)13-11/h1-3H,11H2,(H2,10,13). The number of fused-ring (bicyclic) bond motifs is 1. The molecule has 2 aromatic rings. The quantitative estimate of drug-likeness (QED) is 0.319. The zero-order valence-corrected chi connectivity index (χ0v) is 7.88. The molecule has 0 radical (unpaired) electrons. The van der Waals surface area contributed by atoms with Gasteiger partial charge in [0.05, 0.1) is 10.2 Å². The molecule has 0 spiro atoms. The molecule has 0 aliphatic carbocycles. The number of nitrogens with two attached hydrogens (primary N) is 2. The number of nitrogens with zero attached hydrogens (tertiary/aromatic N) is 2. The van der Waals surface area contributed by atoms with Gasteiger partial charge in [0.2, 0.25) is 0 Å². The summed E-state index contributed by atoms with van der Waals surface area (Å²) < 4.78 is 13.7. The Morgan fingerprint density at radius 3 is 3.00 bits per heavy atom. The SMILES string of the molecule is N/N=C(/N)c1nc2cc(F)ccc2s1. The van der Waals surface area contributed by atoms with Crippen molar-refractivity contribution in [1.82, 2.24) is 4.98 Å². The molecular formula is C8H7FN4S. The fourth-order valence-corrected chi connectivity index (χ4v) is 1.92. The fourth-order valence-electron chi connectivity index (χ4n) is 1.07. The van der Waals surface area contributed by atoms with E-state index in [-0.39, 0.29) is 11.7 Å². The van der Waals surface area contributed by atoms with Gasteiger partial charge >= 0.3 is 0 Å². The lowest BCUT2D eigenvalue weighted by molar-refractivity contribution is 0.629. The first kappa shape index (κ1) is 8.89. The molecular weight excluding hydrogens is 203 g/mol. The maximum Gasteiger partial charge on any atom is 0.179 e. The molecule has 0 saturated heterocycles. The third-order valence-corrected chi connectivity index (χ3v) is 2.77. The van der Waals surface area contributed by atoms with Gasteiger partial charge in [0.15, 0.2) is 10.8 Å². The maximum atomic E-state index is 12.8. The van der Waals surface area contributed by atoms with Gasteiger partial charge in [-0.1, -0.05) is 0 Å². The van der Waals surface area contributed by atoms with Crippen LogP contribution >= 0.6 is 11.3 Å². The second kappa shape index (κ2) is 3.22. The molecule has 0 fully saturated rings. The third kappa shape index (κ3) is 1.39. The van der Waals surface area contributed by atoms with Crippen LogP contribution < -0.4 is 11.6 Å². The Balaban J connectivity index is 2.62. The predicted octanol–water partition coefficient (Wildman–Crippen LogP) is 1.01. The van der Waals surface area contributed by atoms with Crippen molar-refractivity contribution in [2.45, 2.75) is 0 Å². The van der Waals surface area contributed by atoms with Crippen LogP contribution in [0.3, 0.4) is 0 Å². The van der Waals surface area contributed by atoms with Gasteiger partial charge in [0.1, 0.15) is 5.82 Å². The van der Waals surface area contributed by atoms with Gasteiger partial charge in [0, 0.05) is 6.07 Å². The van der Waals surface area contributed by atoms with E-state index in [0.29, 0.717) is 10.5 Å². The van der Waals surface area contributed by atoms with Crippen molar-refractivity contribution < 1.29 is 4.39 Å². The van der Waals surface area contributed by atoms with Gasteiger partial charge in [0.25, 0.3) is 0 Å². The number of hydrazone groups is 1. The van der Waals surface area contributed by atoms with Crippen LogP contribution in [0, 0.1) is 5.82 Å². The summed E-state index contributed by atoms with van der Waals surface area (Å²) in [7, 11) is 0. The van der Waals surface area contributed by atoms with Gasteiger partial charge in [-0.15, -0.1) is 11.3 Å². The van der Waals surface area contributed by atoms with E-state index in [1.807, 2.05) is 0 Å². The lowest BCUT2D eigenvalue weighted by atomic mass is 10.3. The molecule has 14 heavy (non-hydrogen) atoms. The average molecular weight is 210 g/mol. The summed E-state index contributed by atoms with van der Waals surface area (Å²) in [5, 5.41) is 3.83. The summed E-state index contributed by atoms with van der Waals surface area (Å²) in [6, 6.07) is 4.37. The molecule has 4 N–H and O–H groups in total. The van der Waals surface area contributed by atoms with E-state index in [2.05, 4.69) is 10.1 Å². The second-order valence-electron chi connectivity index (χ2n) is 2.65. The summed E-state index contributed by atoms with van der Waals surface area (Å²) in [5.41, 5.74) is 6.04. The smallest absolute Gasteiger partial charge is 0.179 e. The number of aromatic nitrogens is 1. The third-order valence-electron chi connectivity index (χ3n) is 1.71. The Bertz CT molecular complexity index is 505. The van der Waals surface area contributed by atoms with E-state index in [4.69, 9.17) is 11.6 Å². The molecule has 0 unspecified atom stereocenters. The lowest BCUT2D eigenvalue weighted by Crippen LogP contribution is -2.14. The minimum absolute atomic E-state index is 0.159. The largest absolute Gasteiger partial charge is 0.380 e. The van der Waals surface area contributed by atoms with Crippen LogP contribution in [0.5, 0.6) is 0 Å². The Morgan fingerprint density at radius 1 is 1.50 bits per heavy atom. The molecule has 0 amide bonds. The van der Waals surface area contributed by atoms with E-state index in [1.165, 1.54) is 23.5 Å². The molecule has 0 aliphatic rings. The number of thiazole rings is 1. The molecule has 0 saturated carbocycles. The highest BCUT2D eigenvalue weighted by atomic mass is 32.1. The molecule has 1 heterocycles. The van der Waals surface area contributed by atoms with Crippen LogP contribution in [0.15, 0.2) is 23.3 Å². The van der Waals surface area contributed by atoms with Crippen molar-refractivity contribution in [2.75, 3.05) is 0 Å². The summed E-state index contributed by atoms with van der Waals surface area (Å²) >= 11 is 1.33. The number of rotatable bonds is 1. The molecule has 2 rings (SSSR count). The zero-order chi connectivity index (χ0) is 10.1. The zero-order valence-electron chi connectivity index (χ0n) is 7.07. The van der Waals surface area contributed by atoms with Crippen molar-refractivity contribution in [3.8, 4) is 0 Å². The Hall–Kier alpha value is -1.69. The number of hydrogen-bond donors (Lipinski definition) is 2. The first-order valence-corrected chi connectivity index (χ1v) is 4.62. The van der Waals surface area contributed by atoms with Gasteiger partial charge in [-0.25, -0.2) is 9.37 Å². The highest BCUT2D eigenvalue weighted by Gasteiger charge is 2.07. The molecule has 1 aromatic heterocycles. The van der Waals surface area contributed by atoms with Crippen molar-refractivity contribution in [3.63, 3.8) is 0 Å². The van der Waals surface area contributed by atoms with Crippen molar-refractivity contribution >= 4 is 27.4 Å². The highest BCUT2D eigenvalue weighted by Crippen LogP contribution is 2.22. The number of hydrogen-bond acceptors (Lipinski definition) is 4. The second-order valence-corrected chi connectivity index (χ2v) is 3.68. The fraction of sp³-hybridized carbons (Fsp3) is 0. The first-order valence-electron chi connectivity index (χ1n) is 3.80. The number of benzene rings is 1. The van der Waals surface area contributed by atoms with E-state index >= 15 is 0 Å². The molecule has 0 atom stereocenters. The van der Waals surface area contributed by atoms with Crippen molar-refractivity contribution in [2.24, 2.45) is 16.7 Å². The lowest BCUT2D eigenvalue weighted by Gasteiger charge is -1.87. The number of halogens is 1. The summed E-state index contributed by atoms with van der Waals surface area (Å²) in [6.07, 6.45) is 0. The Morgan fingerprint density at radius 2 is 2.29 bits per heavy atom. The van der Waals surface area contributed by atoms with Crippen LogP contribution in [0.4, 0.5) is 4.39 Å². The summed E-state index contributed by atoms with van der Waals surface area (Å²) in [5.74, 6) is 4.85. The normalized spacial score (nSPS) is 12.2. The Labute approximate surface area is 83.0 Å². The van der Waals surface area contributed by atoms with Crippen LogP contribution in [0.1, 0.15) is 5.01 Å². The van der Waals surface area contributed by atoms with Gasteiger partial charge in [-0.2, -0.15) is 5.10 Å². The first-order chi connectivity index (χ1) is 6.70. The van der Waals surface area contributed by atoms with Crippen LogP contribution in [-0.4, -0.2) is 10.8 Å². The number of amidine groups is 1. The minimum atomic E-state index is -0.322. The average Bonchev–Trinajstić information content (AvgIpc) is 2.59. The minimum Gasteiger partial charge on any atom is -0.380 e. The van der Waals surface area contributed by atoms with Gasteiger partial charge < -0.3 is 11.6 Å². The molecule has 6 heteroatoms. The van der Waals surface area contributed by atoms with Crippen molar-refractivity contribution in [1.29, 1.82) is 0 Å². The topological polar surface area (TPSA) is 77.3 Å². The summed E-state index contributed by atoms with van der Waals surface area (Å²) in [4.78, 5) is 4.09. The summed E-state index contributed by atoms with van der Waals surface area (Å²) in [6.45, 7) is 0. The van der Waals surface area contributed by atoms with Gasteiger partial charge in [-0.05, 0) is 12.1 Å². The van der Waals surface area contributed by atoms with Crippen LogP contribution in [0.2, 0.25) is 0 Å². The maximum absolute atomic E-state index is 12.8. The van der Waals surface area contributed by atoms with E-state index in [0.717, 1.165) is 4.70 Å². The van der Waals surface area contributed by atoms with Crippen molar-refractivity contribution in [3.05, 3.63) is 29.0 Å².